The average molecular weight is 224 g/mol. The first-order valence-electron chi connectivity index (χ1n) is 7.20. The normalized spacial score (nSPS) is 35.6. The molecule has 16 heavy (non-hydrogen) atoms. The average Bonchev–Trinajstić information content (AvgIpc) is 2.27. The van der Waals surface area contributed by atoms with E-state index in [1.807, 2.05) is 0 Å². The van der Waals surface area contributed by atoms with Crippen LogP contribution in [0.1, 0.15) is 46.0 Å². The summed E-state index contributed by atoms with van der Waals surface area (Å²) in [5.41, 5.74) is 0. The molecule has 0 amide bonds. The van der Waals surface area contributed by atoms with Crippen molar-refractivity contribution in [1.29, 1.82) is 0 Å². The van der Waals surface area contributed by atoms with Crippen molar-refractivity contribution in [2.24, 2.45) is 11.8 Å². The lowest BCUT2D eigenvalue weighted by Gasteiger charge is -2.39. The van der Waals surface area contributed by atoms with E-state index in [4.69, 9.17) is 0 Å². The molecule has 2 fully saturated rings. The summed E-state index contributed by atoms with van der Waals surface area (Å²) >= 11 is 0. The smallest absolute Gasteiger partial charge is 0.00955 e. The van der Waals surface area contributed by atoms with Crippen LogP contribution >= 0.6 is 0 Å². The minimum atomic E-state index is 0.814. The van der Waals surface area contributed by atoms with Gasteiger partial charge in [-0.2, -0.15) is 0 Å². The van der Waals surface area contributed by atoms with E-state index < -0.39 is 0 Å². The van der Waals surface area contributed by atoms with Gasteiger partial charge in [0.1, 0.15) is 0 Å². The first-order chi connectivity index (χ1) is 7.75. The van der Waals surface area contributed by atoms with E-state index in [-0.39, 0.29) is 0 Å². The Morgan fingerprint density at radius 3 is 2.00 bits per heavy atom. The van der Waals surface area contributed by atoms with Crippen molar-refractivity contribution >= 4 is 0 Å². The zero-order valence-corrected chi connectivity index (χ0v) is 11.0. The molecule has 0 aromatic carbocycles. The Morgan fingerprint density at radius 1 is 0.875 bits per heavy atom. The monoisotopic (exact) mass is 224 g/mol. The minimum absolute atomic E-state index is 0.814. The molecule has 1 heterocycles. The Labute approximate surface area is 101 Å². The molecule has 2 aliphatic rings. The topological polar surface area (TPSA) is 15.3 Å². The van der Waals surface area contributed by atoms with Crippen LogP contribution in [0.15, 0.2) is 0 Å². The molecule has 2 nitrogen and oxygen atoms in total. The van der Waals surface area contributed by atoms with Gasteiger partial charge in [-0.3, -0.25) is 4.90 Å². The predicted molar refractivity (Wildman–Crippen MR) is 69.6 cm³/mol. The lowest BCUT2D eigenvalue weighted by molar-refractivity contribution is 0.107. The van der Waals surface area contributed by atoms with Gasteiger partial charge in [-0.1, -0.05) is 33.1 Å². The van der Waals surface area contributed by atoms with E-state index >= 15 is 0 Å². The maximum Gasteiger partial charge on any atom is 0.00955 e. The Kier molecular flexibility index (Phi) is 4.66. The highest BCUT2D eigenvalue weighted by Crippen LogP contribution is 2.24. The van der Waals surface area contributed by atoms with Gasteiger partial charge in [-0.15, -0.1) is 0 Å². The van der Waals surface area contributed by atoms with Crippen LogP contribution in [-0.4, -0.2) is 37.1 Å². The van der Waals surface area contributed by atoms with Gasteiger partial charge in [0.05, 0.1) is 0 Å². The molecular formula is C14H28N2. The second kappa shape index (κ2) is 6.02. The Hall–Kier alpha value is -0.0800. The van der Waals surface area contributed by atoms with Gasteiger partial charge < -0.3 is 5.32 Å². The predicted octanol–water partition coefficient (Wildman–Crippen LogP) is 2.50. The van der Waals surface area contributed by atoms with E-state index in [9.17, 15) is 0 Å². The van der Waals surface area contributed by atoms with Crippen LogP contribution in [0.25, 0.3) is 0 Å². The molecule has 0 aromatic heterocycles. The number of nitrogens with zero attached hydrogens (tertiary/aromatic N) is 1. The molecule has 1 saturated carbocycles. The molecule has 0 radical (unpaired) electrons. The summed E-state index contributed by atoms with van der Waals surface area (Å²) in [6.07, 6.45) is 7.29. The molecule has 2 atom stereocenters. The Bertz CT molecular complexity index is 187. The van der Waals surface area contributed by atoms with Gasteiger partial charge >= 0.3 is 0 Å². The summed E-state index contributed by atoms with van der Waals surface area (Å²) in [4.78, 5) is 2.80. The van der Waals surface area contributed by atoms with Crippen molar-refractivity contribution < 1.29 is 0 Å². The van der Waals surface area contributed by atoms with Crippen LogP contribution in [0.2, 0.25) is 0 Å². The number of nitrogens with one attached hydrogen (secondary N) is 1. The van der Waals surface area contributed by atoms with E-state index in [1.54, 1.807) is 0 Å². The van der Waals surface area contributed by atoms with Crippen LogP contribution in [0.5, 0.6) is 0 Å². The maximum absolute atomic E-state index is 3.58. The molecule has 2 rings (SSSR count). The third-order valence-corrected chi connectivity index (χ3v) is 4.17. The first kappa shape index (κ1) is 12.4. The number of hydrogen-bond donors (Lipinski definition) is 1. The van der Waals surface area contributed by atoms with Crippen LogP contribution in [0.4, 0.5) is 0 Å². The van der Waals surface area contributed by atoms with Crippen LogP contribution < -0.4 is 5.32 Å². The van der Waals surface area contributed by atoms with Crippen molar-refractivity contribution in [2.75, 3.05) is 26.2 Å². The summed E-state index contributed by atoms with van der Waals surface area (Å²) in [6, 6.07) is 0.900. The van der Waals surface area contributed by atoms with Crippen molar-refractivity contribution in [3.05, 3.63) is 0 Å². The number of hydrogen-bond acceptors (Lipinski definition) is 2. The van der Waals surface area contributed by atoms with Gasteiger partial charge in [0.2, 0.25) is 0 Å². The number of rotatable bonds is 1. The largest absolute Gasteiger partial charge is 0.316 e. The lowest BCUT2D eigenvalue weighted by atomic mass is 9.92. The maximum atomic E-state index is 3.58. The Balaban J connectivity index is 1.92. The van der Waals surface area contributed by atoms with E-state index in [2.05, 4.69) is 24.1 Å². The van der Waals surface area contributed by atoms with Gasteiger partial charge in [-0.05, 0) is 37.8 Å². The highest BCUT2D eigenvalue weighted by Gasteiger charge is 2.25. The molecule has 0 aromatic rings. The molecule has 1 N–H and O–H groups in total. The molecule has 1 aliphatic heterocycles. The molecule has 1 saturated heterocycles. The second-order valence-corrected chi connectivity index (χ2v) is 6.11. The summed E-state index contributed by atoms with van der Waals surface area (Å²) < 4.78 is 0. The van der Waals surface area contributed by atoms with Gasteiger partial charge in [0.25, 0.3) is 0 Å². The minimum Gasteiger partial charge on any atom is -0.316 e. The van der Waals surface area contributed by atoms with E-state index in [0.29, 0.717) is 0 Å². The third-order valence-electron chi connectivity index (χ3n) is 4.17. The van der Waals surface area contributed by atoms with Crippen LogP contribution in [0, 0.1) is 11.8 Å². The molecule has 0 spiro atoms. The summed E-state index contributed by atoms with van der Waals surface area (Å²) in [6.45, 7) is 9.79. The lowest BCUT2D eigenvalue weighted by Crippen LogP contribution is -2.47. The standard InChI is InChI=1S/C14H28N2/c1-12-8-15-9-13(2)11-16(10-12)14-6-4-3-5-7-14/h12-15H,3-11H2,1-2H3. The fraction of sp³-hybridized carbons (Fsp3) is 1.00. The van der Waals surface area contributed by atoms with E-state index in [0.717, 1.165) is 17.9 Å². The fourth-order valence-electron chi connectivity index (χ4n) is 3.32. The van der Waals surface area contributed by atoms with Crippen LogP contribution in [0.3, 0.4) is 0 Å². The van der Waals surface area contributed by atoms with Gasteiger partial charge in [0, 0.05) is 19.1 Å². The molecule has 2 unspecified atom stereocenters. The summed E-state index contributed by atoms with van der Waals surface area (Å²) in [5, 5.41) is 3.58. The zero-order valence-electron chi connectivity index (χ0n) is 11.0. The quantitative estimate of drug-likeness (QED) is 0.736. The van der Waals surface area contributed by atoms with Gasteiger partial charge in [-0.25, -0.2) is 0 Å². The molecular weight excluding hydrogens is 196 g/mol. The van der Waals surface area contributed by atoms with Crippen molar-refractivity contribution in [1.82, 2.24) is 10.2 Å². The molecule has 94 valence electrons. The molecule has 0 bridgehead atoms. The zero-order chi connectivity index (χ0) is 11.4. The van der Waals surface area contributed by atoms with Crippen molar-refractivity contribution in [3.8, 4) is 0 Å². The van der Waals surface area contributed by atoms with E-state index in [1.165, 1.54) is 58.3 Å². The second-order valence-electron chi connectivity index (χ2n) is 6.11. The highest BCUT2D eigenvalue weighted by atomic mass is 15.2. The van der Waals surface area contributed by atoms with Crippen molar-refractivity contribution in [3.63, 3.8) is 0 Å². The van der Waals surface area contributed by atoms with Crippen molar-refractivity contribution in [2.45, 2.75) is 52.0 Å². The highest BCUT2D eigenvalue weighted by molar-refractivity contribution is 4.81. The molecule has 1 aliphatic carbocycles. The third kappa shape index (κ3) is 3.46. The first-order valence-corrected chi connectivity index (χ1v) is 7.20. The Morgan fingerprint density at radius 2 is 1.44 bits per heavy atom. The van der Waals surface area contributed by atoms with Gasteiger partial charge in [0.15, 0.2) is 0 Å². The summed E-state index contributed by atoms with van der Waals surface area (Å²) in [5.74, 6) is 1.63. The SMILES string of the molecule is CC1CNCC(C)CN(C2CCCCC2)C1. The van der Waals surface area contributed by atoms with Crippen LogP contribution in [-0.2, 0) is 0 Å². The molecule has 2 heteroatoms. The fourth-order valence-corrected chi connectivity index (χ4v) is 3.32. The summed E-state index contributed by atoms with van der Waals surface area (Å²) in [7, 11) is 0.